The second kappa shape index (κ2) is 12.5. The van der Waals surface area contributed by atoms with Gasteiger partial charge in [-0.2, -0.15) is 13.2 Å². The third-order valence-corrected chi connectivity index (χ3v) is 3.69. The summed E-state index contributed by atoms with van der Waals surface area (Å²) in [5.41, 5.74) is 8.25. The smallest absolute Gasteiger partial charge is 0.309 e. The molecule has 1 heterocycles. The number of halogens is 3. The zero-order chi connectivity index (χ0) is 21.7. The van der Waals surface area contributed by atoms with Gasteiger partial charge in [0.05, 0.1) is 18.4 Å². The highest BCUT2D eigenvalue weighted by Crippen LogP contribution is 2.29. The third-order valence-electron chi connectivity index (χ3n) is 3.69. The molecule has 0 aliphatic rings. The zero-order valence-corrected chi connectivity index (χ0v) is 16.7. The first-order chi connectivity index (χ1) is 13.8. The van der Waals surface area contributed by atoms with Gasteiger partial charge in [0.15, 0.2) is 0 Å². The van der Waals surface area contributed by atoms with Gasteiger partial charge in [0.1, 0.15) is 0 Å². The molecule has 0 bridgehead atoms. The van der Waals surface area contributed by atoms with E-state index in [0.717, 1.165) is 24.1 Å². The number of hydrogen-bond acceptors (Lipinski definition) is 3. The Morgan fingerprint density at radius 2 is 1.86 bits per heavy atom. The van der Waals surface area contributed by atoms with E-state index in [1.807, 2.05) is 37.5 Å². The van der Waals surface area contributed by atoms with Gasteiger partial charge >= 0.3 is 6.18 Å². The van der Waals surface area contributed by atoms with Crippen molar-refractivity contribution in [2.24, 2.45) is 0 Å². The van der Waals surface area contributed by atoms with Crippen molar-refractivity contribution in [3.63, 3.8) is 0 Å². The molecule has 158 valence electrons. The molecule has 8 heteroatoms. The molecule has 2 rings (SSSR count). The molecule has 0 atom stereocenters. The Kier molecular flexibility index (Phi) is 10.4. The predicted molar refractivity (Wildman–Crippen MR) is 110 cm³/mol. The molecule has 4 N–H and O–H groups in total. The second-order valence-electron chi connectivity index (χ2n) is 6.01. The molecule has 0 unspecified atom stereocenters. The normalized spacial score (nSPS) is 10.8. The molecule has 1 aromatic carbocycles. The number of allylic oxidation sites excluding steroid dienone is 3. The van der Waals surface area contributed by atoms with Crippen molar-refractivity contribution >= 4 is 5.69 Å². The van der Waals surface area contributed by atoms with Crippen LogP contribution in [0.4, 0.5) is 18.9 Å². The molecule has 0 fully saturated rings. The molecule has 0 saturated heterocycles. The lowest BCUT2D eigenvalue weighted by Gasteiger charge is -2.08. The van der Waals surface area contributed by atoms with Crippen LogP contribution in [0.3, 0.4) is 0 Å². The van der Waals surface area contributed by atoms with Crippen molar-refractivity contribution in [3.8, 4) is 0 Å². The lowest BCUT2D eigenvalue weighted by Crippen LogP contribution is -2.19. The van der Waals surface area contributed by atoms with Gasteiger partial charge in [-0.1, -0.05) is 30.4 Å². The molecule has 29 heavy (non-hydrogen) atoms. The van der Waals surface area contributed by atoms with E-state index in [1.165, 1.54) is 30.4 Å². The van der Waals surface area contributed by atoms with E-state index in [0.29, 0.717) is 5.69 Å². The van der Waals surface area contributed by atoms with E-state index >= 15 is 0 Å². The van der Waals surface area contributed by atoms with Crippen LogP contribution in [0, 0.1) is 6.92 Å². The number of nitrogens with one attached hydrogen (secondary N) is 4. The molecule has 0 spiro atoms. The van der Waals surface area contributed by atoms with E-state index in [4.69, 9.17) is 0 Å². The fourth-order valence-corrected chi connectivity index (χ4v) is 2.22. The largest absolute Gasteiger partial charge is 0.416 e. The van der Waals surface area contributed by atoms with Gasteiger partial charge in [0.2, 0.25) is 0 Å². The Morgan fingerprint density at radius 1 is 1.17 bits per heavy atom. The highest BCUT2D eigenvalue weighted by atomic mass is 19.4. The van der Waals surface area contributed by atoms with E-state index in [1.54, 1.807) is 0 Å². The number of aryl methyl sites for hydroxylation is 1. The van der Waals surface area contributed by atoms with Crippen molar-refractivity contribution in [2.75, 3.05) is 12.5 Å². The van der Waals surface area contributed by atoms with Crippen molar-refractivity contribution in [1.82, 2.24) is 15.8 Å². The van der Waals surface area contributed by atoms with Gasteiger partial charge in [-0.15, -0.1) is 5.59 Å². The van der Waals surface area contributed by atoms with E-state index in [9.17, 15) is 13.2 Å². The number of benzene rings is 1. The van der Waals surface area contributed by atoms with Crippen molar-refractivity contribution in [1.29, 1.82) is 0 Å². The topological polar surface area (TPSA) is 64.9 Å². The Morgan fingerprint density at radius 3 is 2.45 bits per heavy atom. The monoisotopic (exact) mass is 408 g/mol. The molecular formula is C21H27F3N4O. The van der Waals surface area contributed by atoms with Crippen LogP contribution in [0.2, 0.25) is 0 Å². The maximum atomic E-state index is 12.1. The Labute approximate surface area is 168 Å². The number of anilines is 1. The highest BCUT2D eigenvalue weighted by molar-refractivity contribution is 5.43. The van der Waals surface area contributed by atoms with Crippen LogP contribution in [-0.2, 0) is 17.4 Å². The number of rotatable bonds is 6. The number of hydrogen-bond donors (Lipinski definition) is 4. The number of alkyl halides is 3. The Hall–Kier alpha value is -2.97. The highest BCUT2D eigenvalue weighted by Gasteiger charge is 2.29. The number of H-pyrrole nitrogens is 2. The number of aromatic amines is 2. The molecule has 0 radical (unpaired) electrons. The van der Waals surface area contributed by atoms with Gasteiger partial charge in [-0.3, -0.25) is 10.3 Å². The fourth-order valence-electron chi connectivity index (χ4n) is 2.22. The quantitative estimate of drug-likeness (QED) is 0.370. The first-order valence-electron chi connectivity index (χ1n) is 8.83. The summed E-state index contributed by atoms with van der Waals surface area (Å²) in [7, 11) is 1.39. The average Bonchev–Trinajstić information content (AvgIpc) is 2.66. The van der Waals surface area contributed by atoms with Gasteiger partial charge < -0.3 is 10.2 Å². The summed E-state index contributed by atoms with van der Waals surface area (Å²) in [4.78, 5) is 4.46. The first kappa shape index (κ1) is 24.1. The Bertz CT molecular complexity index is 819. The van der Waals surface area contributed by atoms with Gasteiger partial charge in [0.25, 0.3) is 0 Å². The van der Waals surface area contributed by atoms with Crippen LogP contribution in [0.15, 0.2) is 73.1 Å². The molecule has 2 aromatic rings. The van der Waals surface area contributed by atoms with Crippen LogP contribution < -0.4 is 11.0 Å². The first-order valence-corrected chi connectivity index (χ1v) is 8.83. The molecular weight excluding hydrogens is 381 g/mol. The van der Waals surface area contributed by atoms with Crippen molar-refractivity contribution < 1.29 is 18.0 Å². The Balaban J connectivity index is 0.000000291. The minimum Gasteiger partial charge on any atom is -0.309 e. The standard InChI is InChI=1S/C13H18N2.C8H9F3N2O/c1-4-6-11(2)9-13-10-15-14-8-5-7-12(13)3;1-14-13-12-7-4-2-6(3-5-7)8(9,10)11/h4-8,10,14-15H,2,9H2,1,3H3;2-5,12-13H,1H3/b6-4-,8-5?,12-7?,13-10?;. The fraction of sp³-hybridized carbons (Fsp3) is 0.238. The van der Waals surface area contributed by atoms with Gasteiger partial charge in [0, 0.05) is 12.4 Å². The van der Waals surface area contributed by atoms with Crippen LogP contribution in [-0.4, -0.2) is 17.3 Å². The average molecular weight is 408 g/mol. The second-order valence-corrected chi connectivity index (χ2v) is 6.01. The summed E-state index contributed by atoms with van der Waals surface area (Å²) >= 11 is 0. The number of aromatic nitrogens is 2. The summed E-state index contributed by atoms with van der Waals surface area (Å²) in [6.45, 7) is 8.11. The molecule has 0 aliphatic carbocycles. The minimum atomic E-state index is -4.30. The van der Waals surface area contributed by atoms with E-state index in [2.05, 4.69) is 45.6 Å². The SMILES string of the molecule is C=C(/C=C\C)Cc1c[nH][nH]cccc1C.CONNc1ccc(C(F)(F)F)cc1. The van der Waals surface area contributed by atoms with E-state index in [-0.39, 0.29) is 0 Å². The molecule has 1 aromatic heterocycles. The lowest BCUT2D eigenvalue weighted by atomic mass is 10.0. The molecule has 0 saturated carbocycles. The van der Waals surface area contributed by atoms with Crippen molar-refractivity contribution in [3.05, 3.63) is 89.8 Å². The maximum Gasteiger partial charge on any atom is 0.416 e. The summed E-state index contributed by atoms with van der Waals surface area (Å²) in [6.07, 6.45) is 4.45. The van der Waals surface area contributed by atoms with Crippen LogP contribution in [0.1, 0.15) is 23.6 Å². The van der Waals surface area contributed by atoms with Gasteiger partial charge in [-0.05, 0) is 61.7 Å². The zero-order valence-electron chi connectivity index (χ0n) is 16.7. The van der Waals surface area contributed by atoms with Crippen molar-refractivity contribution in [2.45, 2.75) is 26.4 Å². The molecule has 0 aliphatic heterocycles. The third kappa shape index (κ3) is 9.68. The summed E-state index contributed by atoms with van der Waals surface area (Å²) in [5, 5.41) is 5.95. The molecule has 5 nitrogen and oxygen atoms in total. The maximum absolute atomic E-state index is 12.1. The number of hydrazine groups is 1. The summed E-state index contributed by atoms with van der Waals surface area (Å²) in [5.74, 6) is 0. The van der Waals surface area contributed by atoms with E-state index < -0.39 is 11.7 Å². The van der Waals surface area contributed by atoms with Gasteiger partial charge in [-0.25, -0.2) is 0 Å². The summed E-state index contributed by atoms with van der Waals surface area (Å²) < 4.78 is 36.3. The molecule has 0 amide bonds. The van der Waals surface area contributed by atoms with Crippen LogP contribution >= 0.6 is 0 Å². The summed E-state index contributed by atoms with van der Waals surface area (Å²) in [6, 6.07) is 8.64. The van der Waals surface area contributed by atoms with Crippen LogP contribution in [0.5, 0.6) is 0 Å². The lowest BCUT2D eigenvalue weighted by molar-refractivity contribution is -0.137. The minimum absolute atomic E-state index is 0.486. The predicted octanol–water partition coefficient (Wildman–Crippen LogP) is 5.63. The van der Waals surface area contributed by atoms with Crippen LogP contribution in [0.25, 0.3) is 0 Å².